The van der Waals surface area contributed by atoms with Crippen molar-refractivity contribution in [3.8, 4) is 11.5 Å². The van der Waals surface area contributed by atoms with Gasteiger partial charge in [0.15, 0.2) is 5.60 Å². The second-order valence-electron chi connectivity index (χ2n) is 8.05. The molecule has 1 aliphatic heterocycles. The molecule has 0 saturated carbocycles. The fourth-order valence-corrected chi connectivity index (χ4v) is 4.15. The lowest BCUT2D eigenvalue weighted by molar-refractivity contribution is 0.0238. The molecule has 32 heavy (non-hydrogen) atoms. The smallest absolute Gasteiger partial charge is 0.340 e. The van der Waals surface area contributed by atoms with Gasteiger partial charge >= 0.3 is 5.97 Å². The van der Waals surface area contributed by atoms with E-state index in [2.05, 4.69) is 4.98 Å². The van der Waals surface area contributed by atoms with E-state index in [4.69, 9.17) is 14.2 Å². The summed E-state index contributed by atoms with van der Waals surface area (Å²) in [5.74, 6) is 0.777. The Morgan fingerprint density at radius 1 is 0.812 bits per heavy atom. The summed E-state index contributed by atoms with van der Waals surface area (Å²) in [5, 5.41) is 0. The Hall–Kier alpha value is -3.74. The number of esters is 1. The van der Waals surface area contributed by atoms with Crippen LogP contribution in [0.5, 0.6) is 11.5 Å². The number of methoxy groups -OCH3 is 2. The summed E-state index contributed by atoms with van der Waals surface area (Å²) in [6.07, 6.45) is 3.27. The van der Waals surface area contributed by atoms with Crippen molar-refractivity contribution in [3.63, 3.8) is 0 Å². The monoisotopic (exact) mass is 433 g/mol. The fraction of sp³-hybridized carbons (Fsp3) is 0.280. The summed E-state index contributed by atoms with van der Waals surface area (Å²) >= 11 is 0. The molecule has 2 aromatic carbocycles. The average molecular weight is 434 g/mol. The summed E-state index contributed by atoms with van der Waals surface area (Å²) in [7, 11) is 11.1. The van der Waals surface area contributed by atoms with Gasteiger partial charge in [0.1, 0.15) is 11.5 Å². The maximum atomic E-state index is 13.0. The summed E-state index contributed by atoms with van der Waals surface area (Å²) in [6.45, 7) is 0. The summed E-state index contributed by atoms with van der Waals surface area (Å²) < 4.78 is 17.8. The number of benzene rings is 2. The van der Waals surface area contributed by atoms with Gasteiger partial charge in [0.2, 0.25) is 0 Å². The van der Waals surface area contributed by atoms with Crippen molar-refractivity contribution in [2.45, 2.75) is 5.60 Å². The Bertz CT molecular complexity index is 1110. The fourth-order valence-electron chi connectivity index (χ4n) is 4.15. The van der Waals surface area contributed by atoms with Gasteiger partial charge in [-0.05, 0) is 30.3 Å². The highest BCUT2D eigenvalue weighted by Gasteiger charge is 2.52. The van der Waals surface area contributed by atoms with E-state index in [-0.39, 0.29) is 0 Å². The number of rotatable bonds is 6. The highest BCUT2D eigenvalue weighted by molar-refractivity contribution is 5.96. The van der Waals surface area contributed by atoms with E-state index in [0.717, 1.165) is 11.4 Å². The first-order valence-corrected chi connectivity index (χ1v) is 10.2. The molecular formula is C25H27N3O4. The molecule has 0 fully saturated rings. The molecule has 0 spiro atoms. The summed E-state index contributed by atoms with van der Waals surface area (Å²) in [6, 6.07) is 13.4. The molecule has 0 atom stereocenters. The van der Waals surface area contributed by atoms with E-state index >= 15 is 0 Å². The van der Waals surface area contributed by atoms with Gasteiger partial charge in [-0.3, -0.25) is 4.98 Å². The Morgan fingerprint density at radius 2 is 1.34 bits per heavy atom. The molecule has 0 radical (unpaired) electrons. The number of nitrogens with zero attached hydrogens (tertiary/aromatic N) is 3. The van der Waals surface area contributed by atoms with Crippen LogP contribution in [-0.2, 0) is 10.3 Å². The zero-order chi connectivity index (χ0) is 23.0. The van der Waals surface area contributed by atoms with Crippen LogP contribution in [0.3, 0.4) is 0 Å². The molecule has 0 aliphatic carbocycles. The molecule has 0 unspecified atom stereocenters. The molecule has 3 aromatic rings. The molecule has 0 bridgehead atoms. The van der Waals surface area contributed by atoms with E-state index < -0.39 is 11.6 Å². The highest BCUT2D eigenvalue weighted by atomic mass is 16.6. The van der Waals surface area contributed by atoms with Gasteiger partial charge < -0.3 is 24.0 Å². The number of cyclic esters (lactones) is 1. The Kier molecular flexibility index (Phi) is 5.42. The molecular weight excluding hydrogens is 406 g/mol. The highest BCUT2D eigenvalue weighted by Crippen LogP contribution is 2.52. The molecule has 1 aliphatic rings. The second-order valence-corrected chi connectivity index (χ2v) is 8.05. The standard InChI is InChI=1S/C25H27N3O4/c1-27(2)16-7-9-19(22(13-16)30-5)25(21-15-26-12-11-18(21)24(29)32-25)20-10-8-17(28(3)4)14-23(20)31-6/h7-15H,1-6H3. The first-order chi connectivity index (χ1) is 15.3. The average Bonchev–Trinajstić information content (AvgIpc) is 3.11. The normalized spacial score (nSPS) is 13.9. The van der Waals surface area contributed by atoms with E-state index in [1.165, 1.54) is 0 Å². The molecule has 2 heterocycles. The van der Waals surface area contributed by atoms with Gasteiger partial charge in [0.05, 0.1) is 19.8 Å². The number of fused-ring (bicyclic) bond motifs is 1. The Labute approximate surface area is 188 Å². The van der Waals surface area contributed by atoms with Crippen LogP contribution in [0.25, 0.3) is 0 Å². The molecule has 0 saturated heterocycles. The molecule has 0 amide bonds. The first kappa shape index (κ1) is 21.5. The van der Waals surface area contributed by atoms with Crippen molar-refractivity contribution >= 4 is 17.3 Å². The topological polar surface area (TPSA) is 64.1 Å². The minimum absolute atomic E-state index is 0.417. The Morgan fingerprint density at radius 3 is 1.81 bits per heavy atom. The van der Waals surface area contributed by atoms with E-state index in [1.54, 1.807) is 32.7 Å². The maximum Gasteiger partial charge on any atom is 0.340 e. The minimum atomic E-state index is -1.27. The number of carbonyl (C=O) groups is 1. The molecule has 166 valence electrons. The van der Waals surface area contributed by atoms with Gasteiger partial charge in [-0.2, -0.15) is 0 Å². The van der Waals surface area contributed by atoms with Gasteiger partial charge in [-0.15, -0.1) is 0 Å². The largest absolute Gasteiger partial charge is 0.496 e. The third-order valence-electron chi connectivity index (χ3n) is 5.83. The van der Waals surface area contributed by atoms with Crippen LogP contribution in [0.15, 0.2) is 54.9 Å². The van der Waals surface area contributed by atoms with Gasteiger partial charge in [-0.25, -0.2) is 4.79 Å². The van der Waals surface area contributed by atoms with Gasteiger partial charge in [-0.1, -0.05) is 0 Å². The van der Waals surface area contributed by atoms with Crippen LogP contribution in [0.2, 0.25) is 0 Å². The van der Waals surface area contributed by atoms with Crippen molar-refractivity contribution in [3.05, 3.63) is 77.1 Å². The minimum Gasteiger partial charge on any atom is -0.496 e. The van der Waals surface area contributed by atoms with E-state index in [0.29, 0.717) is 33.8 Å². The van der Waals surface area contributed by atoms with Gasteiger partial charge in [0.25, 0.3) is 0 Å². The molecule has 4 rings (SSSR count). The number of carbonyl (C=O) groups excluding carboxylic acids is 1. The van der Waals surface area contributed by atoms with Crippen LogP contribution < -0.4 is 19.3 Å². The number of hydrogen-bond donors (Lipinski definition) is 0. The maximum absolute atomic E-state index is 13.0. The number of anilines is 2. The number of hydrogen-bond acceptors (Lipinski definition) is 7. The second kappa shape index (κ2) is 8.07. The van der Waals surface area contributed by atoms with Crippen molar-refractivity contribution in [1.29, 1.82) is 0 Å². The third kappa shape index (κ3) is 3.21. The van der Waals surface area contributed by atoms with Crippen molar-refractivity contribution in [2.75, 3.05) is 52.2 Å². The molecule has 0 N–H and O–H groups in total. The zero-order valence-electron chi connectivity index (χ0n) is 19.2. The lowest BCUT2D eigenvalue weighted by Gasteiger charge is -2.33. The van der Waals surface area contributed by atoms with E-state index in [9.17, 15) is 4.79 Å². The summed E-state index contributed by atoms with van der Waals surface area (Å²) in [4.78, 5) is 21.3. The third-order valence-corrected chi connectivity index (χ3v) is 5.83. The number of aromatic nitrogens is 1. The van der Waals surface area contributed by atoms with Crippen LogP contribution in [0.1, 0.15) is 27.0 Å². The van der Waals surface area contributed by atoms with Crippen LogP contribution in [0, 0.1) is 0 Å². The van der Waals surface area contributed by atoms with Crippen LogP contribution in [0.4, 0.5) is 11.4 Å². The molecule has 1 aromatic heterocycles. The number of ether oxygens (including phenoxy) is 3. The predicted molar refractivity (Wildman–Crippen MR) is 124 cm³/mol. The summed E-state index contributed by atoms with van der Waals surface area (Å²) in [5.41, 5.74) is 3.17. The van der Waals surface area contributed by atoms with Crippen molar-refractivity contribution in [1.82, 2.24) is 4.98 Å². The van der Waals surface area contributed by atoms with Crippen LogP contribution >= 0.6 is 0 Å². The SMILES string of the molecule is COc1cc(N(C)C)ccc1C1(c2ccc(N(C)C)cc2OC)OC(=O)c2ccncc21. The van der Waals surface area contributed by atoms with Crippen LogP contribution in [-0.4, -0.2) is 53.4 Å². The lowest BCUT2D eigenvalue weighted by atomic mass is 9.79. The molecule has 7 nitrogen and oxygen atoms in total. The zero-order valence-corrected chi connectivity index (χ0v) is 19.2. The van der Waals surface area contributed by atoms with Crippen molar-refractivity contribution in [2.24, 2.45) is 0 Å². The van der Waals surface area contributed by atoms with Gasteiger partial charge in [0, 0.05) is 80.8 Å². The Balaban J connectivity index is 2.08. The lowest BCUT2D eigenvalue weighted by Crippen LogP contribution is -2.31. The predicted octanol–water partition coefficient (Wildman–Crippen LogP) is 3.69. The van der Waals surface area contributed by atoms with Crippen molar-refractivity contribution < 1.29 is 19.0 Å². The van der Waals surface area contributed by atoms with E-state index in [1.807, 2.05) is 74.4 Å². The quantitative estimate of drug-likeness (QED) is 0.549. The molecule has 7 heteroatoms. The first-order valence-electron chi connectivity index (χ1n) is 10.2. The number of pyridine rings is 1.